The Morgan fingerprint density at radius 2 is 2.12 bits per heavy atom. The fourth-order valence-electron chi connectivity index (χ4n) is 1.24. The molecule has 0 unspecified atom stereocenters. The van der Waals surface area contributed by atoms with E-state index in [9.17, 15) is 0 Å². The van der Waals surface area contributed by atoms with Crippen molar-refractivity contribution in [2.45, 2.75) is 0 Å². The Bertz CT molecular complexity index is 516. The van der Waals surface area contributed by atoms with Crippen LogP contribution in [0.2, 0.25) is 5.02 Å². The Kier molecular flexibility index (Phi) is 3.31. The van der Waals surface area contributed by atoms with E-state index in [4.69, 9.17) is 17.3 Å². The van der Waals surface area contributed by atoms with Gasteiger partial charge in [0, 0.05) is 10.7 Å². The van der Waals surface area contributed by atoms with Crippen molar-refractivity contribution in [3.8, 4) is 0 Å². The standard InChI is InChI=1S/C11H9BrClN3/c12-7-3-4-10(8(13)6-7)16-11-9(14)2-1-5-15-11/h1-6H,14H2,(H,15,16). The van der Waals surface area contributed by atoms with E-state index in [1.165, 1.54) is 0 Å². The van der Waals surface area contributed by atoms with Crippen LogP contribution in [0.5, 0.6) is 0 Å². The highest BCUT2D eigenvalue weighted by Gasteiger charge is 2.04. The molecule has 0 bridgehead atoms. The number of halogens is 2. The van der Waals surface area contributed by atoms with E-state index in [-0.39, 0.29) is 0 Å². The van der Waals surface area contributed by atoms with Crippen molar-refractivity contribution < 1.29 is 0 Å². The number of hydrogen-bond donors (Lipinski definition) is 2. The monoisotopic (exact) mass is 297 g/mol. The molecule has 2 rings (SSSR count). The van der Waals surface area contributed by atoms with Gasteiger partial charge in [0.25, 0.3) is 0 Å². The second-order valence-electron chi connectivity index (χ2n) is 3.19. The number of nitrogens with one attached hydrogen (secondary N) is 1. The van der Waals surface area contributed by atoms with Gasteiger partial charge in [0.1, 0.15) is 0 Å². The van der Waals surface area contributed by atoms with Gasteiger partial charge in [0.05, 0.1) is 16.4 Å². The van der Waals surface area contributed by atoms with Crippen molar-refractivity contribution in [3.63, 3.8) is 0 Å². The Labute approximate surface area is 107 Å². The Balaban J connectivity index is 2.31. The molecule has 0 atom stereocenters. The molecule has 16 heavy (non-hydrogen) atoms. The summed E-state index contributed by atoms with van der Waals surface area (Å²) < 4.78 is 0.928. The molecule has 0 saturated carbocycles. The topological polar surface area (TPSA) is 50.9 Å². The van der Waals surface area contributed by atoms with Gasteiger partial charge in [-0.25, -0.2) is 4.98 Å². The van der Waals surface area contributed by atoms with Crippen molar-refractivity contribution in [1.82, 2.24) is 4.98 Å². The number of nitrogens with zero attached hydrogens (tertiary/aromatic N) is 1. The number of pyridine rings is 1. The van der Waals surface area contributed by atoms with Crippen molar-refractivity contribution >= 4 is 44.7 Å². The van der Waals surface area contributed by atoms with Crippen molar-refractivity contribution in [3.05, 3.63) is 46.0 Å². The van der Waals surface area contributed by atoms with Crippen LogP contribution < -0.4 is 11.1 Å². The molecule has 0 radical (unpaired) electrons. The number of anilines is 3. The fraction of sp³-hybridized carbons (Fsp3) is 0. The van der Waals surface area contributed by atoms with E-state index in [2.05, 4.69) is 26.2 Å². The summed E-state index contributed by atoms with van der Waals surface area (Å²) in [4.78, 5) is 4.13. The van der Waals surface area contributed by atoms with Crippen molar-refractivity contribution in [2.24, 2.45) is 0 Å². The molecule has 0 aliphatic carbocycles. The molecule has 0 aliphatic rings. The number of benzene rings is 1. The number of rotatable bonds is 2. The molecule has 82 valence electrons. The highest BCUT2D eigenvalue weighted by atomic mass is 79.9. The van der Waals surface area contributed by atoms with Gasteiger partial charge < -0.3 is 11.1 Å². The van der Waals surface area contributed by atoms with E-state index < -0.39 is 0 Å². The normalized spacial score (nSPS) is 10.1. The van der Waals surface area contributed by atoms with E-state index in [0.29, 0.717) is 16.5 Å². The van der Waals surface area contributed by atoms with Crippen LogP contribution in [0.15, 0.2) is 41.0 Å². The summed E-state index contributed by atoms with van der Waals surface area (Å²) in [5, 5.41) is 3.69. The lowest BCUT2D eigenvalue weighted by Crippen LogP contribution is -1.98. The van der Waals surface area contributed by atoms with E-state index in [1.54, 1.807) is 18.3 Å². The highest BCUT2D eigenvalue weighted by Crippen LogP contribution is 2.29. The van der Waals surface area contributed by atoms with Gasteiger partial charge in [-0.2, -0.15) is 0 Å². The maximum atomic E-state index is 6.07. The van der Waals surface area contributed by atoms with Crippen molar-refractivity contribution in [2.75, 3.05) is 11.1 Å². The minimum Gasteiger partial charge on any atom is -0.396 e. The predicted octanol–water partition coefficient (Wildman–Crippen LogP) is 3.82. The van der Waals surface area contributed by atoms with Crippen LogP contribution in [0, 0.1) is 0 Å². The summed E-state index contributed by atoms with van der Waals surface area (Å²) in [6, 6.07) is 9.13. The van der Waals surface area contributed by atoms with E-state index >= 15 is 0 Å². The quantitative estimate of drug-likeness (QED) is 0.886. The minimum atomic E-state index is 0.585. The zero-order chi connectivity index (χ0) is 11.5. The van der Waals surface area contributed by atoms with Crippen LogP contribution >= 0.6 is 27.5 Å². The molecule has 0 fully saturated rings. The molecule has 1 aromatic heterocycles. The lowest BCUT2D eigenvalue weighted by molar-refractivity contribution is 1.31. The maximum Gasteiger partial charge on any atom is 0.153 e. The van der Waals surface area contributed by atoms with Gasteiger partial charge in [-0.1, -0.05) is 27.5 Å². The first kappa shape index (κ1) is 11.2. The summed E-state index contributed by atoms with van der Waals surface area (Å²) >= 11 is 9.41. The molecule has 3 N–H and O–H groups in total. The molecule has 1 aromatic carbocycles. The van der Waals surface area contributed by atoms with Crippen LogP contribution in [-0.4, -0.2) is 4.98 Å². The van der Waals surface area contributed by atoms with Gasteiger partial charge in [0.15, 0.2) is 5.82 Å². The van der Waals surface area contributed by atoms with Crippen LogP contribution in [0.1, 0.15) is 0 Å². The SMILES string of the molecule is Nc1cccnc1Nc1ccc(Br)cc1Cl. The molecular formula is C11H9BrClN3. The molecule has 0 spiro atoms. The van der Waals surface area contributed by atoms with E-state index in [0.717, 1.165) is 10.2 Å². The summed E-state index contributed by atoms with van der Waals surface area (Å²) in [5.74, 6) is 0.603. The molecule has 0 amide bonds. The van der Waals surface area contributed by atoms with Crippen LogP contribution in [0.3, 0.4) is 0 Å². The summed E-state index contributed by atoms with van der Waals surface area (Å²) in [7, 11) is 0. The smallest absolute Gasteiger partial charge is 0.153 e. The third-order valence-electron chi connectivity index (χ3n) is 2.02. The molecule has 5 heteroatoms. The minimum absolute atomic E-state index is 0.585. The second kappa shape index (κ2) is 4.72. The number of nitrogens with two attached hydrogens (primary N) is 1. The first-order chi connectivity index (χ1) is 7.66. The third-order valence-corrected chi connectivity index (χ3v) is 2.83. The predicted molar refractivity (Wildman–Crippen MR) is 71.1 cm³/mol. The summed E-state index contributed by atoms with van der Waals surface area (Å²) in [5.41, 5.74) is 7.13. The Morgan fingerprint density at radius 1 is 1.31 bits per heavy atom. The number of nitrogen functional groups attached to an aromatic ring is 1. The zero-order valence-electron chi connectivity index (χ0n) is 8.24. The molecule has 0 aliphatic heterocycles. The number of hydrogen-bond acceptors (Lipinski definition) is 3. The van der Waals surface area contributed by atoms with Crippen LogP contribution in [-0.2, 0) is 0 Å². The molecular weight excluding hydrogens is 289 g/mol. The van der Waals surface area contributed by atoms with E-state index in [1.807, 2.05) is 18.2 Å². The van der Waals surface area contributed by atoms with Crippen LogP contribution in [0.4, 0.5) is 17.2 Å². The highest BCUT2D eigenvalue weighted by molar-refractivity contribution is 9.10. The Hall–Kier alpha value is -1.26. The summed E-state index contributed by atoms with van der Waals surface area (Å²) in [6.07, 6.45) is 1.67. The second-order valence-corrected chi connectivity index (χ2v) is 4.51. The first-order valence-corrected chi connectivity index (χ1v) is 5.76. The molecule has 2 aromatic rings. The Morgan fingerprint density at radius 3 is 2.81 bits per heavy atom. The van der Waals surface area contributed by atoms with Gasteiger partial charge >= 0.3 is 0 Å². The maximum absolute atomic E-state index is 6.07. The zero-order valence-corrected chi connectivity index (χ0v) is 10.6. The fourth-order valence-corrected chi connectivity index (χ4v) is 1.96. The van der Waals surface area contributed by atoms with Crippen LogP contribution in [0.25, 0.3) is 0 Å². The van der Waals surface area contributed by atoms with Gasteiger partial charge in [-0.3, -0.25) is 0 Å². The van der Waals surface area contributed by atoms with Gasteiger partial charge in [-0.15, -0.1) is 0 Å². The number of aromatic nitrogens is 1. The molecule has 3 nitrogen and oxygen atoms in total. The van der Waals surface area contributed by atoms with Gasteiger partial charge in [0.2, 0.25) is 0 Å². The van der Waals surface area contributed by atoms with Gasteiger partial charge in [-0.05, 0) is 30.3 Å². The lowest BCUT2D eigenvalue weighted by atomic mass is 10.3. The largest absolute Gasteiger partial charge is 0.396 e. The summed E-state index contributed by atoms with van der Waals surface area (Å²) in [6.45, 7) is 0. The van der Waals surface area contributed by atoms with Crippen molar-refractivity contribution in [1.29, 1.82) is 0 Å². The molecule has 0 saturated heterocycles. The molecule has 1 heterocycles. The average molecular weight is 299 g/mol. The third kappa shape index (κ3) is 2.46. The average Bonchev–Trinajstić information content (AvgIpc) is 2.25. The lowest BCUT2D eigenvalue weighted by Gasteiger charge is -2.09. The first-order valence-electron chi connectivity index (χ1n) is 4.59.